The molecule has 1 fully saturated rings. The first-order valence-corrected chi connectivity index (χ1v) is 9.52. The van der Waals surface area contributed by atoms with Gasteiger partial charge in [0.05, 0.1) is 26.3 Å². The van der Waals surface area contributed by atoms with Crippen LogP contribution >= 0.6 is 0 Å². The van der Waals surface area contributed by atoms with Gasteiger partial charge in [0.1, 0.15) is 11.9 Å². The first-order valence-electron chi connectivity index (χ1n) is 9.52. The zero-order chi connectivity index (χ0) is 19.9. The first-order chi connectivity index (χ1) is 13.6. The van der Waals surface area contributed by atoms with Crippen LogP contribution in [0.5, 0.6) is 5.88 Å². The average Bonchev–Trinajstić information content (AvgIpc) is 2.71. The Kier molecular flexibility index (Phi) is 6.81. The van der Waals surface area contributed by atoms with Gasteiger partial charge in [-0.15, -0.1) is 0 Å². The van der Waals surface area contributed by atoms with Crippen molar-refractivity contribution >= 4 is 5.96 Å². The summed E-state index contributed by atoms with van der Waals surface area (Å²) in [5, 5.41) is 3.37. The summed E-state index contributed by atoms with van der Waals surface area (Å²) in [6, 6.07) is 10.3. The summed E-state index contributed by atoms with van der Waals surface area (Å²) in [5.41, 5.74) is 1.99. The highest BCUT2D eigenvalue weighted by atomic mass is 19.1. The predicted molar refractivity (Wildman–Crippen MR) is 107 cm³/mol. The Bertz CT molecular complexity index is 797. The van der Waals surface area contributed by atoms with Crippen molar-refractivity contribution in [2.75, 3.05) is 26.7 Å². The highest BCUT2D eigenvalue weighted by molar-refractivity contribution is 5.80. The number of halogens is 1. The monoisotopic (exact) mass is 386 g/mol. The van der Waals surface area contributed by atoms with E-state index in [1.54, 1.807) is 25.4 Å². The van der Waals surface area contributed by atoms with Crippen LogP contribution in [0.1, 0.15) is 31.1 Å². The number of aromatic nitrogens is 1. The van der Waals surface area contributed by atoms with Gasteiger partial charge in [-0.05, 0) is 43.2 Å². The Morgan fingerprint density at radius 1 is 1.32 bits per heavy atom. The minimum absolute atomic E-state index is 0.0358. The van der Waals surface area contributed by atoms with Crippen LogP contribution in [-0.4, -0.2) is 48.7 Å². The van der Waals surface area contributed by atoms with E-state index in [0.29, 0.717) is 19.0 Å². The Morgan fingerprint density at radius 3 is 2.82 bits per heavy atom. The van der Waals surface area contributed by atoms with Gasteiger partial charge in [0, 0.05) is 25.4 Å². The topological polar surface area (TPSA) is 59.0 Å². The number of benzene rings is 1. The first kappa shape index (κ1) is 20.1. The molecule has 0 spiro atoms. The third kappa shape index (κ3) is 5.19. The molecule has 28 heavy (non-hydrogen) atoms. The van der Waals surface area contributed by atoms with Gasteiger partial charge in [-0.2, -0.15) is 0 Å². The number of nitrogens with one attached hydrogen (secondary N) is 1. The van der Waals surface area contributed by atoms with Crippen molar-refractivity contribution in [1.29, 1.82) is 0 Å². The second kappa shape index (κ2) is 9.50. The molecule has 150 valence electrons. The van der Waals surface area contributed by atoms with Crippen molar-refractivity contribution < 1.29 is 13.9 Å². The molecule has 1 aliphatic heterocycles. The van der Waals surface area contributed by atoms with Crippen LogP contribution in [0.2, 0.25) is 0 Å². The summed E-state index contributed by atoms with van der Waals surface area (Å²) in [6.07, 6.45) is 1.63. The molecule has 0 bridgehead atoms. The fourth-order valence-corrected chi connectivity index (χ4v) is 3.24. The van der Waals surface area contributed by atoms with Gasteiger partial charge in [0.2, 0.25) is 5.88 Å². The zero-order valence-electron chi connectivity index (χ0n) is 16.6. The fraction of sp³-hybridized carbons (Fsp3) is 0.429. The van der Waals surface area contributed by atoms with Crippen molar-refractivity contribution in [3.63, 3.8) is 0 Å². The standard InChI is InChI=1S/C21H27FN4O2/c1-4-23-21(25-12-16-9-10-24-20(11-16)27-3)26-13-15(2)28-19(14-26)17-5-7-18(22)8-6-17/h5-11,15,19H,4,12-14H2,1-3H3,(H,23,25). The van der Waals surface area contributed by atoms with Crippen molar-refractivity contribution in [1.82, 2.24) is 15.2 Å². The molecule has 2 heterocycles. The zero-order valence-corrected chi connectivity index (χ0v) is 16.6. The lowest BCUT2D eigenvalue weighted by atomic mass is 10.1. The Balaban J connectivity index is 1.76. The van der Waals surface area contributed by atoms with Gasteiger partial charge in [0.25, 0.3) is 0 Å². The highest BCUT2D eigenvalue weighted by Gasteiger charge is 2.28. The molecule has 2 aromatic rings. The smallest absolute Gasteiger partial charge is 0.213 e. The Hall–Kier alpha value is -2.67. The molecule has 2 unspecified atom stereocenters. The van der Waals surface area contributed by atoms with E-state index in [-0.39, 0.29) is 18.0 Å². The van der Waals surface area contributed by atoms with Crippen LogP contribution in [0.3, 0.4) is 0 Å². The molecular formula is C21H27FN4O2. The summed E-state index contributed by atoms with van der Waals surface area (Å²) in [7, 11) is 1.60. The van der Waals surface area contributed by atoms with Gasteiger partial charge >= 0.3 is 0 Å². The second-order valence-electron chi connectivity index (χ2n) is 6.77. The van der Waals surface area contributed by atoms with E-state index >= 15 is 0 Å². The van der Waals surface area contributed by atoms with Crippen LogP contribution in [-0.2, 0) is 11.3 Å². The minimum Gasteiger partial charge on any atom is -0.481 e. The largest absolute Gasteiger partial charge is 0.481 e. The summed E-state index contributed by atoms with van der Waals surface area (Å²) in [5.74, 6) is 1.17. The van der Waals surface area contributed by atoms with Gasteiger partial charge in [-0.1, -0.05) is 12.1 Å². The quantitative estimate of drug-likeness (QED) is 0.632. The SMILES string of the molecule is CCNC(=NCc1ccnc(OC)c1)N1CC(C)OC(c2ccc(F)cc2)C1. The number of nitrogens with zero attached hydrogens (tertiary/aromatic N) is 3. The molecule has 1 aliphatic rings. The van der Waals surface area contributed by atoms with Crippen molar-refractivity contribution in [3.8, 4) is 5.88 Å². The molecule has 2 atom stereocenters. The fourth-order valence-electron chi connectivity index (χ4n) is 3.24. The Morgan fingerprint density at radius 2 is 2.11 bits per heavy atom. The van der Waals surface area contributed by atoms with Gasteiger partial charge in [0.15, 0.2) is 5.96 Å². The van der Waals surface area contributed by atoms with Crippen LogP contribution < -0.4 is 10.1 Å². The lowest BCUT2D eigenvalue weighted by Gasteiger charge is -2.38. The molecule has 0 amide bonds. The van der Waals surface area contributed by atoms with Crippen LogP contribution in [0, 0.1) is 5.82 Å². The number of hydrogen-bond acceptors (Lipinski definition) is 4. The molecular weight excluding hydrogens is 359 g/mol. The summed E-state index contributed by atoms with van der Waals surface area (Å²) >= 11 is 0. The molecule has 6 nitrogen and oxygen atoms in total. The predicted octanol–water partition coefficient (Wildman–Crippen LogP) is 3.16. The van der Waals surface area contributed by atoms with E-state index in [1.165, 1.54) is 12.1 Å². The van der Waals surface area contributed by atoms with E-state index in [4.69, 9.17) is 14.5 Å². The molecule has 1 aromatic heterocycles. The van der Waals surface area contributed by atoms with Crippen LogP contribution in [0.15, 0.2) is 47.6 Å². The molecule has 1 N–H and O–H groups in total. The number of ether oxygens (including phenoxy) is 2. The highest BCUT2D eigenvalue weighted by Crippen LogP contribution is 2.25. The van der Waals surface area contributed by atoms with Gasteiger partial charge in [-0.3, -0.25) is 0 Å². The van der Waals surface area contributed by atoms with E-state index in [9.17, 15) is 4.39 Å². The minimum atomic E-state index is -0.243. The molecule has 7 heteroatoms. The van der Waals surface area contributed by atoms with E-state index in [1.807, 2.05) is 26.0 Å². The second-order valence-corrected chi connectivity index (χ2v) is 6.77. The lowest BCUT2D eigenvalue weighted by molar-refractivity contribution is -0.0605. The molecule has 0 aliphatic carbocycles. The Labute approximate surface area is 165 Å². The van der Waals surface area contributed by atoms with Gasteiger partial charge in [-0.25, -0.2) is 14.4 Å². The van der Waals surface area contributed by atoms with Crippen LogP contribution in [0.4, 0.5) is 4.39 Å². The number of guanidine groups is 1. The molecule has 1 aromatic carbocycles. The normalized spacial score (nSPS) is 20.1. The molecule has 1 saturated heterocycles. The number of rotatable bonds is 5. The van der Waals surface area contributed by atoms with Crippen molar-refractivity contribution in [2.45, 2.75) is 32.6 Å². The van der Waals surface area contributed by atoms with Crippen LogP contribution in [0.25, 0.3) is 0 Å². The third-order valence-corrected chi connectivity index (χ3v) is 4.56. The van der Waals surface area contributed by atoms with Crippen molar-refractivity contribution in [3.05, 3.63) is 59.5 Å². The molecule has 0 saturated carbocycles. The van der Waals surface area contributed by atoms with Gasteiger partial charge < -0.3 is 19.7 Å². The summed E-state index contributed by atoms with van der Waals surface area (Å²) < 4.78 is 24.5. The lowest BCUT2D eigenvalue weighted by Crippen LogP contribution is -2.50. The average molecular weight is 386 g/mol. The number of hydrogen-bond donors (Lipinski definition) is 1. The summed E-state index contributed by atoms with van der Waals surface area (Å²) in [6.45, 7) is 6.77. The molecule has 3 rings (SSSR count). The number of pyridine rings is 1. The number of morpholine rings is 1. The third-order valence-electron chi connectivity index (χ3n) is 4.56. The van der Waals surface area contributed by atoms with E-state index in [2.05, 4.69) is 15.2 Å². The number of methoxy groups -OCH3 is 1. The summed E-state index contributed by atoms with van der Waals surface area (Å²) in [4.78, 5) is 11.1. The van der Waals surface area contributed by atoms with E-state index in [0.717, 1.165) is 30.2 Å². The maximum Gasteiger partial charge on any atom is 0.213 e. The number of aliphatic imine (C=N–C) groups is 1. The molecule has 0 radical (unpaired) electrons. The maximum atomic E-state index is 13.3. The van der Waals surface area contributed by atoms with E-state index < -0.39 is 0 Å². The maximum absolute atomic E-state index is 13.3. The van der Waals surface area contributed by atoms with Crippen molar-refractivity contribution in [2.24, 2.45) is 4.99 Å².